The molecule has 5 heteroatoms. The summed E-state index contributed by atoms with van der Waals surface area (Å²) in [6, 6.07) is 12.6. The molecule has 1 aliphatic heterocycles. The Balaban J connectivity index is 1.52. The molecule has 1 N–H and O–H groups in total. The minimum atomic E-state index is 0.215. The number of nitrogens with zero attached hydrogens (tertiary/aromatic N) is 3. The molecule has 4 rings (SSSR count). The predicted molar refractivity (Wildman–Crippen MR) is 107 cm³/mol. The second-order valence-corrected chi connectivity index (χ2v) is 7.28. The smallest absolute Gasteiger partial charge is 0.242 e. The van der Waals surface area contributed by atoms with Crippen LogP contribution in [0.25, 0.3) is 10.9 Å². The normalized spacial score (nSPS) is 15.4. The average Bonchev–Trinajstić information content (AvgIpc) is 3.36. The third-order valence-corrected chi connectivity index (χ3v) is 5.42. The van der Waals surface area contributed by atoms with Gasteiger partial charge in [0.1, 0.15) is 6.54 Å². The van der Waals surface area contributed by atoms with Crippen molar-refractivity contribution in [3.05, 3.63) is 66.1 Å². The van der Waals surface area contributed by atoms with Gasteiger partial charge in [-0.05, 0) is 43.0 Å². The van der Waals surface area contributed by atoms with Crippen molar-refractivity contribution in [3.63, 3.8) is 0 Å². The van der Waals surface area contributed by atoms with Gasteiger partial charge in [0.15, 0.2) is 0 Å². The Morgan fingerprint density at radius 2 is 2.00 bits per heavy atom. The topological polar surface area (TPSA) is 50.2 Å². The summed E-state index contributed by atoms with van der Waals surface area (Å²) >= 11 is 0. The van der Waals surface area contributed by atoms with Crippen molar-refractivity contribution in [1.29, 1.82) is 0 Å². The van der Waals surface area contributed by atoms with Crippen LogP contribution in [0, 0.1) is 0 Å². The Morgan fingerprint density at radius 1 is 1.19 bits per heavy atom. The lowest BCUT2D eigenvalue weighted by molar-refractivity contribution is -0.130. The van der Waals surface area contributed by atoms with Crippen LogP contribution >= 0.6 is 0 Å². The van der Waals surface area contributed by atoms with Crippen LogP contribution < -0.4 is 5.32 Å². The molecule has 1 saturated heterocycles. The van der Waals surface area contributed by atoms with Gasteiger partial charge < -0.3 is 14.8 Å². The first-order valence-corrected chi connectivity index (χ1v) is 9.70. The Kier molecular flexibility index (Phi) is 5.21. The maximum Gasteiger partial charge on any atom is 0.242 e. The van der Waals surface area contributed by atoms with Gasteiger partial charge in [-0.2, -0.15) is 0 Å². The number of para-hydroxylation sites is 1. The van der Waals surface area contributed by atoms with Crippen LogP contribution in [0.15, 0.2) is 55.0 Å². The third-order valence-electron chi connectivity index (χ3n) is 5.42. The van der Waals surface area contributed by atoms with E-state index in [1.165, 1.54) is 16.5 Å². The lowest BCUT2D eigenvalue weighted by Gasteiger charge is -2.16. The molecule has 1 aliphatic rings. The molecule has 1 fully saturated rings. The van der Waals surface area contributed by atoms with Crippen molar-refractivity contribution in [2.75, 3.05) is 13.1 Å². The summed E-state index contributed by atoms with van der Waals surface area (Å²) in [6.45, 7) is 5.11. The van der Waals surface area contributed by atoms with E-state index in [2.05, 4.69) is 52.3 Å². The highest BCUT2D eigenvalue weighted by atomic mass is 16.2. The van der Waals surface area contributed by atoms with Crippen molar-refractivity contribution < 1.29 is 4.79 Å². The number of benzene rings is 1. The number of rotatable bonds is 6. The molecule has 5 nitrogen and oxygen atoms in total. The second-order valence-electron chi connectivity index (χ2n) is 7.28. The van der Waals surface area contributed by atoms with E-state index in [0.717, 1.165) is 38.0 Å². The molecule has 0 spiro atoms. The number of nitrogens with one attached hydrogen (secondary N) is 1. The zero-order valence-corrected chi connectivity index (χ0v) is 15.8. The average molecular weight is 362 g/mol. The molecule has 140 valence electrons. The zero-order chi connectivity index (χ0) is 18.6. The minimum Gasteiger partial charge on any atom is -0.341 e. The van der Waals surface area contributed by atoms with Gasteiger partial charge in [-0.25, -0.2) is 0 Å². The number of fused-ring (bicyclic) bond motifs is 1. The molecule has 0 saturated carbocycles. The van der Waals surface area contributed by atoms with Crippen molar-refractivity contribution >= 4 is 16.8 Å². The lowest BCUT2D eigenvalue weighted by Crippen LogP contribution is -2.30. The summed E-state index contributed by atoms with van der Waals surface area (Å²) in [6.07, 6.45) is 8.07. The Morgan fingerprint density at radius 3 is 2.78 bits per heavy atom. The predicted octanol–water partition coefficient (Wildman–Crippen LogP) is 3.51. The summed E-state index contributed by atoms with van der Waals surface area (Å²) < 4.78 is 2.10. The molecule has 2 aromatic heterocycles. The molecule has 3 aromatic rings. The third kappa shape index (κ3) is 3.88. The first-order chi connectivity index (χ1) is 13.2. The van der Waals surface area contributed by atoms with Crippen LogP contribution in [0.3, 0.4) is 0 Å². The largest absolute Gasteiger partial charge is 0.341 e. The molecular formula is C22H26N4O. The van der Waals surface area contributed by atoms with Crippen LogP contribution in [0.2, 0.25) is 0 Å². The van der Waals surface area contributed by atoms with E-state index >= 15 is 0 Å². The molecule has 1 unspecified atom stereocenters. The van der Waals surface area contributed by atoms with Crippen molar-refractivity contribution in [3.8, 4) is 0 Å². The van der Waals surface area contributed by atoms with E-state index in [9.17, 15) is 4.79 Å². The van der Waals surface area contributed by atoms with Crippen molar-refractivity contribution in [2.45, 2.75) is 38.9 Å². The van der Waals surface area contributed by atoms with E-state index < -0.39 is 0 Å². The number of carbonyl (C=O) groups excluding carboxylic acids is 1. The second kappa shape index (κ2) is 7.92. The quantitative estimate of drug-likeness (QED) is 0.730. The van der Waals surface area contributed by atoms with Crippen LogP contribution in [0.5, 0.6) is 0 Å². The molecule has 0 aliphatic carbocycles. The SMILES string of the molecule is CC(NCc1cn(CC(=O)N2CCCC2)c2ccccc12)c1cccnc1. The first kappa shape index (κ1) is 17.7. The number of hydrogen-bond acceptors (Lipinski definition) is 3. The van der Waals surface area contributed by atoms with Gasteiger partial charge in [0.25, 0.3) is 0 Å². The number of pyridine rings is 1. The fourth-order valence-corrected chi connectivity index (χ4v) is 3.82. The summed E-state index contributed by atoms with van der Waals surface area (Å²) in [4.78, 5) is 18.8. The number of hydrogen-bond donors (Lipinski definition) is 1. The van der Waals surface area contributed by atoms with Gasteiger partial charge in [-0.15, -0.1) is 0 Å². The van der Waals surface area contributed by atoms with Crippen LogP contribution in [-0.2, 0) is 17.9 Å². The molecule has 3 heterocycles. The fraction of sp³-hybridized carbons (Fsp3) is 0.364. The van der Waals surface area contributed by atoms with Gasteiger partial charge >= 0.3 is 0 Å². The number of carbonyl (C=O) groups is 1. The standard InChI is InChI=1S/C22H26N4O/c1-17(18-7-6-10-23-13-18)24-14-19-15-26(21-9-3-2-8-20(19)21)16-22(27)25-11-4-5-12-25/h2-3,6-10,13,15,17,24H,4-5,11-12,14,16H2,1H3. The van der Waals surface area contributed by atoms with Gasteiger partial charge in [-0.3, -0.25) is 9.78 Å². The zero-order valence-electron chi connectivity index (χ0n) is 15.8. The van der Waals surface area contributed by atoms with Gasteiger partial charge in [0.05, 0.1) is 0 Å². The summed E-state index contributed by atoms with van der Waals surface area (Å²) in [5.74, 6) is 0.219. The molecule has 1 aromatic carbocycles. The first-order valence-electron chi connectivity index (χ1n) is 9.70. The van der Waals surface area contributed by atoms with Gasteiger partial charge in [-0.1, -0.05) is 24.3 Å². The maximum atomic E-state index is 12.6. The molecule has 27 heavy (non-hydrogen) atoms. The summed E-state index contributed by atoms with van der Waals surface area (Å²) in [5.41, 5.74) is 3.51. The fourth-order valence-electron chi connectivity index (χ4n) is 3.82. The minimum absolute atomic E-state index is 0.215. The van der Waals surface area contributed by atoms with E-state index in [4.69, 9.17) is 0 Å². The maximum absolute atomic E-state index is 12.6. The van der Waals surface area contributed by atoms with Crippen molar-refractivity contribution in [2.24, 2.45) is 0 Å². The Bertz CT molecular complexity index is 912. The molecule has 1 atom stereocenters. The highest BCUT2D eigenvalue weighted by Crippen LogP contribution is 2.23. The van der Waals surface area contributed by atoms with Crippen molar-refractivity contribution in [1.82, 2.24) is 19.8 Å². The summed E-state index contributed by atoms with van der Waals surface area (Å²) in [5, 5.41) is 4.79. The molecule has 1 amide bonds. The van der Waals surface area contributed by atoms with E-state index in [1.807, 2.05) is 23.2 Å². The van der Waals surface area contributed by atoms with E-state index in [1.54, 1.807) is 6.20 Å². The van der Waals surface area contributed by atoms with Crippen LogP contribution in [0.4, 0.5) is 0 Å². The molecule has 0 radical (unpaired) electrons. The number of amides is 1. The Hall–Kier alpha value is -2.66. The van der Waals surface area contributed by atoms with Gasteiger partial charge in [0, 0.05) is 55.2 Å². The highest BCUT2D eigenvalue weighted by molar-refractivity contribution is 5.86. The van der Waals surface area contributed by atoms with Crippen LogP contribution in [-0.4, -0.2) is 33.4 Å². The van der Waals surface area contributed by atoms with Gasteiger partial charge in [0.2, 0.25) is 5.91 Å². The summed E-state index contributed by atoms with van der Waals surface area (Å²) in [7, 11) is 0. The number of aromatic nitrogens is 2. The van der Waals surface area contributed by atoms with E-state index in [-0.39, 0.29) is 11.9 Å². The lowest BCUT2D eigenvalue weighted by atomic mass is 10.1. The monoisotopic (exact) mass is 362 g/mol. The van der Waals surface area contributed by atoms with Crippen LogP contribution in [0.1, 0.15) is 36.9 Å². The molecular weight excluding hydrogens is 336 g/mol. The number of likely N-dealkylation sites (tertiary alicyclic amines) is 1. The molecule has 0 bridgehead atoms. The highest BCUT2D eigenvalue weighted by Gasteiger charge is 2.19. The Labute approximate surface area is 160 Å². The van der Waals surface area contributed by atoms with E-state index in [0.29, 0.717) is 6.54 Å².